The van der Waals surface area contributed by atoms with Crippen LogP contribution in [0.15, 0.2) is 24.4 Å². The van der Waals surface area contributed by atoms with Crippen LogP contribution in [0.5, 0.6) is 0 Å². The SMILES string of the molecule is COCCn1cc(C)nc1Nc1c(C)cccc1C. The molecule has 0 unspecified atom stereocenters. The second-order valence-corrected chi connectivity index (χ2v) is 4.78. The summed E-state index contributed by atoms with van der Waals surface area (Å²) >= 11 is 0. The molecule has 1 heterocycles. The topological polar surface area (TPSA) is 39.1 Å². The second-order valence-electron chi connectivity index (χ2n) is 4.78. The lowest BCUT2D eigenvalue weighted by molar-refractivity contribution is 0.188. The summed E-state index contributed by atoms with van der Waals surface area (Å²) in [6.07, 6.45) is 2.04. The van der Waals surface area contributed by atoms with E-state index in [4.69, 9.17) is 4.74 Å². The second kappa shape index (κ2) is 5.89. The largest absolute Gasteiger partial charge is 0.383 e. The standard InChI is InChI=1S/C15H21N3O/c1-11-6-5-7-12(2)14(11)17-15-16-13(3)10-18(15)8-9-19-4/h5-7,10H,8-9H2,1-4H3,(H,16,17). The zero-order valence-corrected chi connectivity index (χ0v) is 12.0. The molecule has 0 bridgehead atoms. The number of imidazole rings is 1. The average molecular weight is 259 g/mol. The third-order valence-electron chi connectivity index (χ3n) is 3.15. The Balaban J connectivity index is 2.27. The normalized spacial score (nSPS) is 10.7. The minimum Gasteiger partial charge on any atom is -0.383 e. The molecule has 0 aliphatic carbocycles. The number of rotatable bonds is 5. The van der Waals surface area contributed by atoms with Crippen LogP contribution in [0, 0.1) is 20.8 Å². The van der Waals surface area contributed by atoms with Crippen LogP contribution >= 0.6 is 0 Å². The fraction of sp³-hybridized carbons (Fsp3) is 0.400. The van der Waals surface area contributed by atoms with E-state index in [0.29, 0.717) is 6.61 Å². The number of hydrogen-bond acceptors (Lipinski definition) is 3. The molecule has 19 heavy (non-hydrogen) atoms. The van der Waals surface area contributed by atoms with Gasteiger partial charge in [-0.05, 0) is 31.9 Å². The van der Waals surface area contributed by atoms with Crippen LogP contribution in [0.2, 0.25) is 0 Å². The van der Waals surface area contributed by atoms with Crippen LogP contribution in [-0.2, 0) is 11.3 Å². The van der Waals surface area contributed by atoms with E-state index in [1.54, 1.807) is 7.11 Å². The highest BCUT2D eigenvalue weighted by Gasteiger charge is 2.08. The summed E-state index contributed by atoms with van der Waals surface area (Å²) in [5, 5.41) is 3.44. The average Bonchev–Trinajstić information content (AvgIpc) is 2.72. The van der Waals surface area contributed by atoms with E-state index >= 15 is 0 Å². The van der Waals surface area contributed by atoms with Crippen molar-refractivity contribution in [2.45, 2.75) is 27.3 Å². The van der Waals surface area contributed by atoms with E-state index in [-0.39, 0.29) is 0 Å². The first-order valence-corrected chi connectivity index (χ1v) is 6.47. The summed E-state index contributed by atoms with van der Waals surface area (Å²) in [6.45, 7) is 7.68. The predicted octanol–water partition coefficient (Wildman–Crippen LogP) is 3.20. The van der Waals surface area contributed by atoms with Crippen molar-refractivity contribution in [1.29, 1.82) is 0 Å². The van der Waals surface area contributed by atoms with Crippen LogP contribution in [0.1, 0.15) is 16.8 Å². The number of nitrogens with one attached hydrogen (secondary N) is 1. The quantitative estimate of drug-likeness (QED) is 0.896. The highest BCUT2D eigenvalue weighted by Crippen LogP contribution is 2.23. The molecule has 0 saturated carbocycles. The van der Waals surface area contributed by atoms with Crippen molar-refractivity contribution in [2.75, 3.05) is 19.0 Å². The summed E-state index contributed by atoms with van der Waals surface area (Å²) in [5.41, 5.74) is 4.58. The van der Waals surface area contributed by atoms with E-state index in [2.05, 4.69) is 46.9 Å². The zero-order chi connectivity index (χ0) is 13.8. The molecule has 0 amide bonds. The van der Waals surface area contributed by atoms with Crippen molar-refractivity contribution in [3.63, 3.8) is 0 Å². The Bertz CT molecular complexity index is 540. The van der Waals surface area contributed by atoms with Gasteiger partial charge in [0, 0.05) is 25.5 Å². The Morgan fingerprint density at radius 1 is 1.21 bits per heavy atom. The van der Waals surface area contributed by atoms with Crippen molar-refractivity contribution in [2.24, 2.45) is 0 Å². The predicted molar refractivity (Wildman–Crippen MR) is 78.0 cm³/mol. The molecule has 1 aromatic carbocycles. The highest BCUT2D eigenvalue weighted by molar-refractivity contribution is 5.63. The van der Waals surface area contributed by atoms with Gasteiger partial charge >= 0.3 is 0 Å². The van der Waals surface area contributed by atoms with Crippen molar-refractivity contribution < 1.29 is 4.74 Å². The minimum atomic E-state index is 0.678. The van der Waals surface area contributed by atoms with E-state index in [1.807, 2.05) is 13.1 Å². The lowest BCUT2D eigenvalue weighted by Gasteiger charge is -2.13. The fourth-order valence-corrected chi connectivity index (χ4v) is 2.13. The molecular formula is C15H21N3O. The van der Waals surface area contributed by atoms with Crippen molar-refractivity contribution in [1.82, 2.24) is 9.55 Å². The van der Waals surface area contributed by atoms with Crippen LogP contribution in [0.25, 0.3) is 0 Å². The first-order valence-electron chi connectivity index (χ1n) is 6.47. The number of methoxy groups -OCH3 is 1. The molecule has 0 atom stereocenters. The molecule has 2 rings (SSSR count). The molecule has 1 aromatic heterocycles. The number of anilines is 2. The Kier molecular flexibility index (Phi) is 4.22. The van der Waals surface area contributed by atoms with Gasteiger partial charge in [0.2, 0.25) is 5.95 Å². The zero-order valence-electron chi connectivity index (χ0n) is 12.0. The van der Waals surface area contributed by atoms with Gasteiger partial charge in [-0.15, -0.1) is 0 Å². The smallest absolute Gasteiger partial charge is 0.207 e. The Hall–Kier alpha value is -1.81. The van der Waals surface area contributed by atoms with Crippen LogP contribution in [0.3, 0.4) is 0 Å². The molecule has 0 saturated heterocycles. The molecular weight excluding hydrogens is 238 g/mol. The Labute approximate surface area is 114 Å². The van der Waals surface area contributed by atoms with E-state index in [0.717, 1.165) is 23.9 Å². The number of nitrogens with zero attached hydrogens (tertiary/aromatic N) is 2. The summed E-state index contributed by atoms with van der Waals surface area (Å²) in [4.78, 5) is 4.54. The molecule has 2 aromatic rings. The van der Waals surface area contributed by atoms with Gasteiger partial charge in [-0.2, -0.15) is 0 Å². The van der Waals surface area contributed by atoms with Gasteiger partial charge in [0.25, 0.3) is 0 Å². The van der Waals surface area contributed by atoms with Gasteiger partial charge in [0.15, 0.2) is 0 Å². The summed E-state index contributed by atoms with van der Waals surface area (Å²) < 4.78 is 7.22. The van der Waals surface area contributed by atoms with Crippen LogP contribution in [-0.4, -0.2) is 23.3 Å². The molecule has 0 radical (unpaired) electrons. The third kappa shape index (κ3) is 3.15. The number of ether oxygens (including phenoxy) is 1. The van der Waals surface area contributed by atoms with Gasteiger partial charge in [-0.1, -0.05) is 18.2 Å². The molecule has 4 nitrogen and oxygen atoms in total. The monoisotopic (exact) mass is 259 g/mol. The van der Waals surface area contributed by atoms with E-state index in [9.17, 15) is 0 Å². The summed E-state index contributed by atoms with van der Waals surface area (Å²) in [5.74, 6) is 0.868. The fourth-order valence-electron chi connectivity index (χ4n) is 2.13. The lowest BCUT2D eigenvalue weighted by Crippen LogP contribution is -2.08. The van der Waals surface area contributed by atoms with Gasteiger partial charge in [0.05, 0.1) is 12.3 Å². The molecule has 4 heteroatoms. The minimum absolute atomic E-state index is 0.678. The molecule has 0 spiro atoms. The van der Waals surface area contributed by atoms with Crippen molar-refractivity contribution in [3.8, 4) is 0 Å². The van der Waals surface area contributed by atoms with Gasteiger partial charge in [0.1, 0.15) is 0 Å². The number of para-hydroxylation sites is 1. The molecule has 0 aliphatic heterocycles. The third-order valence-corrected chi connectivity index (χ3v) is 3.15. The maximum absolute atomic E-state index is 5.13. The summed E-state index contributed by atoms with van der Waals surface area (Å²) in [7, 11) is 1.71. The first-order chi connectivity index (χ1) is 9.11. The maximum atomic E-state index is 5.13. The van der Waals surface area contributed by atoms with E-state index in [1.165, 1.54) is 11.1 Å². The number of aromatic nitrogens is 2. The van der Waals surface area contributed by atoms with Gasteiger partial charge in [-0.3, -0.25) is 0 Å². The van der Waals surface area contributed by atoms with Crippen LogP contribution < -0.4 is 5.32 Å². The highest BCUT2D eigenvalue weighted by atomic mass is 16.5. The Morgan fingerprint density at radius 3 is 2.53 bits per heavy atom. The Morgan fingerprint density at radius 2 is 1.89 bits per heavy atom. The first kappa shape index (κ1) is 13.6. The number of benzene rings is 1. The molecule has 0 aliphatic rings. The van der Waals surface area contributed by atoms with Crippen LogP contribution in [0.4, 0.5) is 11.6 Å². The maximum Gasteiger partial charge on any atom is 0.207 e. The number of aryl methyl sites for hydroxylation is 3. The summed E-state index contributed by atoms with van der Waals surface area (Å²) in [6, 6.07) is 6.27. The van der Waals surface area contributed by atoms with Crippen molar-refractivity contribution in [3.05, 3.63) is 41.2 Å². The molecule has 1 N–H and O–H groups in total. The van der Waals surface area contributed by atoms with Gasteiger partial charge in [-0.25, -0.2) is 4.98 Å². The van der Waals surface area contributed by atoms with Crippen molar-refractivity contribution >= 4 is 11.6 Å². The van der Waals surface area contributed by atoms with E-state index < -0.39 is 0 Å². The molecule has 0 fully saturated rings. The number of hydrogen-bond donors (Lipinski definition) is 1. The van der Waals surface area contributed by atoms with Gasteiger partial charge < -0.3 is 14.6 Å². The lowest BCUT2D eigenvalue weighted by atomic mass is 10.1. The molecule has 102 valence electrons.